The second-order valence-corrected chi connectivity index (χ2v) is 5.71. The molecule has 1 saturated heterocycles. The van der Waals surface area contributed by atoms with Gasteiger partial charge in [-0.15, -0.1) is 0 Å². The van der Waals surface area contributed by atoms with Crippen molar-refractivity contribution in [3.8, 4) is 6.01 Å². The third-order valence-corrected chi connectivity index (χ3v) is 3.51. The number of rotatable bonds is 6. The van der Waals surface area contributed by atoms with Crippen molar-refractivity contribution in [1.82, 2.24) is 14.9 Å². The average Bonchev–Trinajstić information content (AvgIpc) is 2.36. The van der Waals surface area contributed by atoms with E-state index in [4.69, 9.17) is 9.47 Å². The van der Waals surface area contributed by atoms with Crippen LogP contribution in [0.2, 0.25) is 0 Å². The van der Waals surface area contributed by atoms with Crippen LogP contribution in [0.3, 0.4) is 0 Å². The second-order valence-electron chi connectivity index (χ2n) is 5.71. The summed E-state index contributed by atoms with van der Waals surface area (Å²) >= 11 is 0. The Morgan fingerprint density at radius 3 is 2.37 bits per heavy atom. The van der Waals surface area contributed by atoms with Gasteiger partial charge in [-0.2, -0.15) is 0 Å². The van der Waals surface area contributed by atoms with E-state index in [2.05, 4.69) is 28.7 Å². The van der Waals surface area contributed by atoms with E-state index in [-0.39, 0.29) is 5.60 Å². The van der Waals surface area contributed by atoms with Crippen LogP contribution in [-0.4, -0.2) is 47.8 Å². The number of hydrogen-bond donors (Lipinski definition) is 0. The lowest BCUT2D eigenvalue weighted by Gasteiger charge is -2.50. The van der Waals surface area contributed by atoms with Crippen molar-refractivity contribution in [1.29, 1.82) is 0 Å². The zero-order chi connectivity index (χ0) is 13.9. The van der Waals surface area contributed by atoms with E-state index in [1.807, 2.05) is 19.5 Å². The Morgan fingerprint density at radius 1 is 1.26 bits per heavy atom. The lowest BCUT2D eigenvalue weighted by molar-refractivity contribution is -0.137. The number of aromatic nitrogens is 2. The molecule has 0 aromatic carbocycles. The highest BCUT2D eigenvalue weighted by atomic mass is 16.5. The van der Waals surface area contributed by atoms with Crippen LogP contribution in [0.4, 0.5) is 0 Å². The second kappa shape index (κ2) is 5.84. The highest BCUT2D eigenvalue weighted by Crippen LogP contribution is 2.32. The first kappa shape index (κ1) is 14.2. The van der Waals surface area contributed by atoms with Crippen molar-refractivity contribution in [2.24, 2.45) is 5.92 Å². The van der Waals surface area contributed by atoms with Crippen LogP contribution in [0.5, 0.6) is 6.01 Å². The summed E-state index contributed by atoms with van der Waals surface area (Å²) in [5.41, 5.74) is 1.15. The van der Waals surface area contributed by atoms with Gasteiger partial charge >= 0.3 is 6.01 Å². The molecule has 0 aliphatic carbocycles. The molecule has 5 heteroatoms. The van der Waals surface area contributed by atoms with Crippen molar-refractivity contribution >= 4 is 0 Å². The fraction of sp³-hybridized carbons (Fsp3) is 0.714. The Bertz CT molecular complexity index is 400. The molecule has 2 heterocycles. The maximum absolute atomic E-state index is 5.70. The molecule has 1 aromatic rings. The molecular formula is C14H23N3O2. The lowest BCUT2D eigenvalue weighted by atomic mass is 9.85. The van der Waals surface area contributed by atoms with Crippen LogP contribution in [0.25, 0.3) is 0 Å². The van der Waals surface area contributed by atoms with Crippen LogP contribution in [0.1, 0.15) is 25.8 Å². The normalized spacial score (nSPS) is 18.4. The monoisotopic (exact) mass is 265 g/mol. The minimum Gasteiger partial charge on any atom is -0.467 e. The van der Waals surface area contributed by atoms with Crippen molar-refractivity contribution < 1.29 is 9.47 Å². The number of likely N-dealkylation sites (tertiary alicyclic amines) is 1. The molecule has 0 spiro atoms. The third kappa shape index (κ3) is 3.42. The largest absolute Gasteiger partial charge is 0.467 e. The minimum atomic E-state index is 0.0431. The SMILES string of the molecule is COc1ncc(CN2CC(CC(C)C)(OC)C2)cn1. The van der Waals surface area contributed by atoms with Gasteiger partial charge in [0.1, 0.15) is 0 Å². The Labute approximate surface area is 115 Å². The summed E-state index contributed by atoms with van der Waals surface area (Å²) in [6, 6.07) is 0.415. The highest BCUT2D eigenvalue weighted by molar-refractivity contribution is 5.09. The van der Waals surface area contributed by atoms with Crippen LogP contribution < -0.4 is 4.74 Å². The molecule has 1 aliphatic heterocycles. The summed E-state index contributed by atoms with van der Waals surface area (Å²) in [7, 11) is 3.39. The first-order chi connectivity index (χ1) is 9.07. The summed E-state index contributed by atoms with van der Waals surface area (Å²) in [4.78, 5) is 10.6. The topological polar surface area (TPSA) is 47.5 Å². The molecule has 0 saturated carbocycles. The Hall–Kier alpha value is -1.20. The smallest absolute Gasteiger partial charge is 0.316 e. The molecule has 1 aliphatic rings. The molecule has 0 atom stereocenters. The molecule has 1 aromatic heterocycles. The summed E-state index contributed by atoms with van der Waals surface area (Å²) in [6.45, 7) is 7.30. The van der Waals surface area contributed by atoms with Gasteiger partial charge in [-0.05, 0) is 12.3 Å². The van der Waals surface area contributed by atoms with E-state index in [0.717, 1.165) is 31.6 Å². The predicted octanol–water partition coefficient (Wildman–Crippen LogP) is 1.73. The summed E-state index contributed by atoms with van der Waals surface area (Å²) < 4.78 is 10.6. The standard InChI is InChI=1S/C14H23N3O2/c1-11(2)5-14(19-4)9-17(10-14)8-12-6-15-13(18-3)16-7-12/h6-7,11H,5,8-10H2,1-4H3. The van der Waals surface area contributed by atoms with Gasteiger partial charge < -0.3 is 9.47 Å². The maximum atomic E-state index is 5.70. The van der Waals surface area contributed by atoms with E-state index >= 15 is 0 Å². The molecule has 0 amide bonds. The van der Waals surface area contributed by atoms with Crippen LogP contribution in [0.15, 0.2) is 12.4 Å². The molecule has 1 fully saturated rings. The number of ether oxygens (including phenoxy) is 2. The molecule has 106 valence electrons. The molecule has 0 unspecified atom stereocenters. The van der Waals surface area contributed by atoms with Crippen LogP contribution in [0, 0.1) is 5.92 Å². The Morgan fingerprint density at radius 2 is 1.89 bits per heavy atom. The fourth-order valence-corrected chi connectivity index (χ4v) is 2.75. The summed E-state index contributed by atoms with van der Waals surface area (Å²) in [5, 5.41) is 0. The number of hydrogen-bond acceptors (Lipinski definition) is 5. The van der Waals surface area contributed by atoms with Gasteiger partial charge in [0.25, 0.3) is 0 Å². The molecule has 19 heavy (non-hydrogen) atoms. The van der Waals surface area contributed by atoms with Gasteiger partial charge in [-0.25, -0.2) is 9.97 Å². The maximum Gasteiger partial charge on any atom is 0.316 e. The van der Waals surface area contributed by atoms with Gasteiger partial charge in [0, 0.05) is 44.7 Å². The predicted molar refractivity (Wildman–Crippen MR) is 73.1 cm³/mol. The quantitative estimate of drug-likeness (QED) is 0.784. The van der Waals surface area contributed by atoms with E-state index < -0.39 is 0 Å². The lowest BCUT2D eigenvalue weighted by Crippen LogP contribution is -2.62. The van der Waals surface area contributed by atoms with Crippen molar-refractivity contribution in [2.75, 3.05) is 27.3 Å². The molecule has 0 radical (unpaired) electrons. The van der Waals surface area contributed by atoms with Crippen LogP contribution in [-0.2, 0) is 11.3 Å². The first-order valence-corrected chi connectivity index (χ1v) is 6.69. The van der Waals surface area contributed by atoms with Gasteiger partial charge in [-0.1, -0.05) is 13.8 Å². The summed E-state index contributed by atoms with van der Waals surface area (Å²) in [6.07, 6.45) is 4.75. The zero-order valence-electron chi connectivity index (χ0n) is 12.2. The van der Waals surface area contributed by atoms with E-state index in [0.29, 0.717) is 11.9 Å². The van der Waals surface area contributed by atoms with E-state index in [1.54, 1.807) is 7.11 Å². The third-order valence-electron chi connectivity index (χ3n) is 3.51. The Kier molecular flexibility index (Phi) is 4.37. The van der Waals surface area contributed by atoms with Gasteiger partial charge in [0.05, 0.1) is 12.7 Å². The Balaban J connectivity index is 1.86. The fourth-order valence-electron chi connectivity index (χ4n) is 2.75. The molecule has 5 nitrogen and oxygen atoms in total. The van der Waals surface area contributed by atoms with Crippen molar-refractivity contribution in [3.63, 3.8) is 0 Å². The number of nitrogens with zero attached hydrogens (tertiary/aromatic N) is 3. The van der Waals surface area contributed by atoms with Crippen molar-refractivity contribution in [3.05, 3.63) is 18.0 Å². The van der Waals surface area contributed by atoms with E-state index in [9.17, 15) is 0 Å². The van der Waals surface area contributed by atoms with Gasteiger partial charge in [-0.3, -0.25) is 4.90 Å². The van der Waals surface area contributed by atoms with E-state index in [1.165, 1.54) is 0 Å². The number of methoxy groups -OCH3 is 2. The molecule has 0 bridgehead atoms. The van der Waals surface area contributed by atoms with Gasteiger partial charge in [0.15, 0.2) is 0 Å². The highest BCUT2D eigenvalue weighted by Gasteiger charge is 2.43. The molecule has 0 N–H and O–H groups in total. The molecule has 2 rings (SSSR count). The first-order valence-electron chi connectivity index (χ1n) is 6.69. The zero-order valence-corrected chi connectivity index (χ0v) is 12.2. The van der Waals surface area contributed by atoms with Gasteiger partial charge in [0.2, 0.25) is 0 Å². The minimum absolute atomic E-state index is 0.0431. The molecular weight excluding hydrogens is 242 g/mol. The van der Waals surface area contributed by atoms with Crippen molar-refractivity contribution in [2.45, 2.75) is 32.4 Å². The van der Waals surface area contributed by atoms with Crippen LogP contribution >= 0.6 is 0 Å². The summed E-state index contributed by atoms with van der Waals surface area (Å²) in [5.74, 6) is 0.659. The average molecular weight is 265 g/mol.